The van der Waals surface area contributed by atoms with Crippen LogP contribution in [-0.4, -0.2) is 35.7 Å². The third-order valence-corrected chi connectivity index (χ3v) is 2.54. The van der Waals surface area contributed by atoms with Gasteiger partial charge in [0.2, 0.25) is 0 Å². The van der Waals surface area contributed by atoms with Crippen LogP contribution in [0.5, 0.6) is 0 Å². The van der Waals surface area contributed by atoms with Crippen LogP contribution >= 0.6 is 0 Å². The number of rotatable bonds is 3. The molecule has 0 spiro atoms. The van der Waals surface area contributed by atoms with Crippen molar-refractivity contribution in [3.05, 3.63) is 17.7 Å². The van der Waals surface area contributed by atoms with E-state index in [4.69, 9.17) is 4.74 Å². The van der Waals surface area contributed by atoms with Crippen molar-refractivity contribution >= 4 is 5.97 Å². The van der Waals surface area contributed by atoms with Gasteiger partial charge in [0, 0.05) is 19.3 Å². The van der Waals surface area contributed by atoms with E-state index in [1.54, 1.807) is 13.1 Å². The molecule has 2 heterocycles. The Morgan fingerprint density at radius 2 is 2.62 bits per heavy atom. The standard InChI is InChI=1S/C10H16N4O2/c1-3-16-10(15)7-6-14-5-4-12-8(11-2)9(14)13-7/h6,8,11-12H,3-5H2,1-2H3/t8-/m1/s1. The molecule has 0 aliphatic carbocycles. The van der Waals surface area contributed by atoms with E-state index in [0.29, 0.717) is 12.3 Å². The predicted octanol–water partition coefficient (Wildman–Crippen LogP) is -0.119. The van der Waals surface area contributed by atoms with E-state index in [2.05, 4.69) is 15.6 Å². The topological polar surface area (TPSA) is 68.2 Å². The molecule has 0 aromatic carbocycles. The monoisotopic (exact) mass is 224 g/mol. The minimum absolute atomic E-state index is 0.00285. The molecule has 1 aromatic rings. The molecule has 0 saturated carbocycles. The molecule has 0 radical (unpaired) electrons. The van der Waals surface area contributed by atoms with Crippen LogP contribution in [0.3, 0.4) is 0 Å². The Labute approximate surface area is 94.0 Å². The van der Waals surface area contributed by atoms with E-state index in [-0.39, 0.29) is 12.1 Å². The number of nitrogens with zero attached hydrogens (tertiary/aromatic N) is 2. The molecule has 6 heteroatoms. The van der Waals surface area contributed by atoms with E-state index in [0.717, 1.165) is 18.9 Å². The first-order chi connectivity index (χ1) is 7.76. The number of carbonyl (C=O) groups is 1. The van der Waals surface area contributed by atoms with Crippen LogP contribution in [-0.2, 0) is 11.3 Å². The van der Waals surface area contributed by atoms with Crippen molar-refractivity contribution in [2.75, 3.05) is 20.2 Å². The van der Waals surface area contributed by atoms with Crippen LogP contribution < -0.4 is 10.6 Å². The zero-order valence-corrected chi connectivity index (χ0v) is 9.49. The number of hydrogen-bond donors (Lipinski definition) is 2. The Balaban J connectivity index is 2.25. The first kappa shape index (κ1) is 11.1. The number of esters is 1. The smallest absolute Gasteiger partial charge is 0.358 e. The highest BCUT2D eigenvalue weighted by atomic mass is 16.5. The average Bonchev–Trinajstić information content (AvgIpc) is 2.72. The molecule has 88 valence electrons. The van der Waals surface area contributed by atoms with E-state index in [1.165, 1.54) is 0 Å². The van der Waals surface area contributed by atoms with Crippen molar-refractivity contribution in [3.63, 3.8) is 0 Å². The third-order valence-electron chi connectivity index (χ3n) is 2.54. The number of hydrogen-bond acceptors (Lipinski definition) is 5. The van der Waals surface area contributed by atoms with Gasteiger partial charge in [-0.1, -0.05) is 0 Å². The SMILES string of the molecule is CCOC(=O)c1cn2c(n1)[C@H](NC)NCC2. The summed E-state index contributed by atoms with van der Waals surface area (Å²) in [4.78, 5) is 15.8. The molecule has 0 unspecified atom stereocenters. The number of fused-ring (bicyclic) bond motifs is 1. The minimum atomic E-state index is -0.362. The lowest BCUT2D eigenvalue weighted by molar-refractivity contribution is 0.0520. The molecule has 16 heavy (non-hydrogen) atoms. The summed E-state index contributed by atoms with van der Waals surface area (Å²) in [6.45, 7) is 3.83. The molecule has 1 aliphatic rings. The summed E-state index contributed by atoms with van der Waals surface area (Å²) >= 11 is 0. The second kappa shape index (κ2) is 4.63. The first-order valence-corrected chi connectivity index (χ1v) is 5.41. The fraction of sp³-hybridized carbons (Fsp3) is 0.600. The number of aromatic nitrogens is 2. The van der Waals surface area contributed by atoms with Gasteiger partial charge in [0.1, 0.15) is 12.0 Å². The highest BCUT2D eigenvalue weighted by molar-refractivity contribution is 5.87. The van der Waals surface area contributed by atoms with Crippen LogP contribution in [0.25, 0.3) is 0 Å². The van der Waals surface area contributed by atoms with Gasteiger partial charge in [-0.05, 0) is 14.0 Å². The molecule has 1 atom stereocenters. The summed E-state index contributed by atoms with van der Waals surface area (Å²) < 4.78 is 6.90. The first-order valence-electron chi connectivity index (χ1n) is 5.41. The molecule has 1 aromatic heterocycles. The molecular formula is C10H16N4O2. The number of nitrogens with one attached hydrogen (secondary N) is 2. The fourth-order valence-electron chi connectivity index (χ4n) is 1.79. The molecule has 0 saturated heterocycles. The van der Waals surface area contributed by atoms with Gasteiger partial charge in [0.05, 0.1) is 6.61 Å². The van der Waals surface area contributed by atoms with Crippen molar-refractivity contribution < 1.29 is 9.53 Å². The van der Waals surface area contributed by atoms with Gasteiger partial charge in [-0.25, -0.2) is 9.78 Å². The maximum atomic E-state index is 11.5. The van der Waals surface area contributed by atoms with Crippen molar-refractivity contribution in [1.82, 2.24) is 20.2 Å². The highest BCUT2D eigenvalue weighted by Crippen LogP contribution is 2.14. The van der Waals surface area contributed by atoms with E-state index in [1.807, 2.05) is 11.6 Å². The summed E-state index contributed by atoms with van der Waals surface area (Å²) in [5, 5.41) is 6.36. The zero-order chi connectivity index (χ0) is 11.5. The lowest BCUT2D eigenvalue weighted by Crippen LogP contribution is -2.40. The second-order valence-corrected chi connectivity index (χ2v) is 3.57. The van der Waals surface area contributed by atoms with Crippen molar-refractivity contribution in [1.29, 1.82) is 0 Å². The van der Waals surface area contributed by atoms with Crippen LogP contribution in [0.2, 0.25) is 0 Å². The van der Waals surface area contributed by atoms with Crippen LogP contribution in [0, 0.1) is 0 Å². The van der Waals surface area contributed by atoms with Gasteiger partial charge in [-0.3, -0.25) is 10.6 Å². The highest BCUT2D eigenvalue weighted by Gasteiger charge is 2.23. The van der Waals surface area contributed by atoms with Gasteiger partial charge in [-0.15, -0.1) is 0 Å². The Hall–Kier alpha value is -1.40. The van der Waals surface area contributed by atoms with E-state index >= 15 is 0 Å². The molecule has 1 aliphatic heterocycles. The summed E-state index contributed by atoms with van der Waals surface area (Å²) in [7, 11) is 1.85. The molecule has 2 rings (SSSR count). The molecule has 0 bridgehead atoms. The maximum Gasteiger partial charge on any atom is 0.358 e. The summed E-state index contributed by atoms with van der Waals surface area (Å²) in [5.74, 6) is 0.469. The summed E-state index contributed by atoms with van der Waals surface area (Å²) in [6.07, 6.45) is 1.75. The largest absolute Gasteiger partial charge is 0.461 e. The summed E-state index contributed by atoms with van der Waals surface area (Å²) in [5.41, 5.74) is 0.376. The zero-order valence-electron chi connectivity index (χ0n) is 9.49. The lowest BCUT2D eigenvalue weighted by Gasteiger charge is -2.23. The van der Waals surface area contributed by atoms with Crippen LogP contribution in [0.15, 0.2) is 6.20 Å². The molecule has 0 fully saturated rings. The fourth-order valence-corrected chi connectivity index (χ4v) is 1.79. The van der Waals surface area contributed by atoms with Gasteiger partial charge in [-0.2, -0.15) is 0 Å². The van der Waals surface area contributed by atoms with E-state index in [9.17, 15) is 4.79 Å². The Morgan fingerprint density at radius 3 is 3.31 bits per heavy atom. The molecule has 2 N–H and O–H groups in total. The van der Waals surface area contributed by atoms with Crippen LogP contribution in [0.1, 0.15) is 29.4 Å². The Kier molecular flexibility index (Phi) is 3.21. The van der Waals surface area contributed by atoms with Crippen molar-refractivity contribution in [2.45, 2.75) is 19.6 Å². The Morgan fingerprint density at radius 1 is 1.81 bits per heavy atom. The third kappa shape index (κ3) is 1.94. The number of carbonyl (C=O) groups excluding carboxylic acids is 1. The van der Waals surface area contributed by atoms with Crippen LogP contribution in [0.4, 0.5) is 0 Å². The van der Waals surface area contributed by atoms with Gasteiger partial charge < -0.3 is 9.30 Å². The number of ether oxygens (including phenoxy) is 1. The second-order valence-electron chi connectivity index (χ2n) is 3.57. The lowest BCUT2D eigenvalue weighted by atomic mass is 10.3. The van der Waals surface area contributed by atoms with Crippen molar-refractivity contribution in [3.8, 4) is 0 Å². The normalized spacial score (nSPS) is 19.2. The quantitative estimate of drug-likeness (QED) is 0.701. The minimum Gasteiger partial charge on any atom is -0.461 e. The Bertz CT molecular complexity index is 388. The summed E-state index contributed by atoms with van der Waals surface area (Å²) in [6, 6.07) is 0. The van der Waals surface area contributed by atoms with E-state index < -0.39 is 0 Å². The van der Waals surface area contributed by atoms with Gasteiger partial charge in [0.25, 0.3) is 0 Å². The van der Waals surface area contributed by atoms with Gasteiger partial charge in [0.15, 0.2) is 5.69 Å². The average molecular weight is 224 g/mol. The molecule has 6 nitrogen and oxygen atoms in total. The molecular weight excluding hydrogens is 208 g/mol. The molecule has 0 amide bonds. The maximum absolute atomic E-state index is 11.5. The van der Waals surface area contributed by atoms with Crippen molar-refractivity contribution in [2.24, 2.45) is 0 Å². The predicted molar refractivity (Wildman–Crippen MR) is 58.0 cm³/mol. The number of imidazole rings is 1. The van der Waals surface area contributed by atoms with Gasteiger partial charge >= 0.3 is 5.97 Å².